The third kappa shape index (κ3) is 4.29. The van der Waals surface area contributed by atoms with Crippen molar-refractivity contribution in [3.63, 3.8) is 0 Å². The normalized spacial score (nSPS) is 17.0. The molecule has 2 atom stereocenters. The number of benzene rings is 3. The minimum atomic E-state index is -0.467. The highest BCUT2D eigenvalue weighted by Crippen LogP contribution is 2.39. The van der Waals surface area contributed by atoms with Crippen LogP contribution >= 0.6 is 23.4 Å². The van der Waals surface area contributed by atoms with E-state index in [0.717, 1.165) is 34.4 Å². The van der Waals surface area contributed by atoms with Gasteiger partial charge in [0.25, 0.3) is 0 Å². The Morgan fingerprint density at radius 3 is 2.56 bits per heavy atom. The van der Waals surface area contributed by atoms with E-state index in [1.165, 1.54) is 11.8 Å². The summed E-state index contributed by atoms with van der Waals surface area (Å²) < 4.78 is 1.87. The van der Waals surface area contributed by atoms with Crippen molar-refractivity contribution in [1.82, 2.24) is 14.9 Å². The van der Waals surface area contributed by atoms with E-state index in [9.17, 15) is 4.79 Å². The lowest BCUT2D eigenvalue weighted by Gasteiger charge is -2.33. The van der Waals surface area contributed by atoms with Crippen molar-refractivity contribution in [3.8, 4) is 11.4 Å². The van der Waals surface area contributed by atoms with Crippen LogP contribution in [-0.2, 0) is 11.2 Å². The Hall–Kier alpha value is -3.29. The molecule has 0 fully saturated rings. The van der Waals surface area contributed by atoms with Crippen LogP contribution < -0.4 is 10.7 Å². The average molecular weight is 490 g/mol. The molecule has 0 spiro atoms. The van der Waals surface area contributed by atoms with Crippen LogP contribution in [0.1, 0.15) is 29.7 Å². The number of para-hydroxylation sites is 1. The zero-order valence-corrected chi connectivity index (χ0v) is 20.4. The lowest BCUT2D eigenvalue weighted by atomic mass is 10.0. The summed E-state index contributed by atoms with van der Waals surface area (Å²) in [4.78, 5) is 13.7. The zero-order chi connectivity index (χ0) is 23.7. The molecule has 2 N–H and O–H groups in total. The lowest BCUT2D eigenvalue weighted by molar-refractivity contribution is -0.116. The SMILES string of the molecule is CCc1cccc(C)c1NC(=O)[C@@H]1Sc2nnc(-c3ccccc3)n2N[C@@H]1c1ccc(Cl)cc1. The third-order valence-electron chi connectivity index (χ3n) is 5.94. The molecule has 3 aromatic carbocycles. The monoisotopic (exact) mass is 489 g/mol. The number of aryl methyl sites for hydroxylation is 2. The fraction of sp³-hybridized carbons (Fsp3) is 0.192. The van der Waals surface area contributed by atoms with Gasteiger partial charge in [0.2, 0.25) is 11.1 Å². The van der Waals surface area contributed by atoms with Gasteiger partial charge in [-0.05, 0) is 42.2 Å². The number of hydrogen-bond acceptors (Lipinski definition) is 5. The Morgan fingerprint density at radius 1 is 1.06 bits per heavy atom. The van der Waals surface area contributed by atoms with Crippen LogP contribution in [0.3, 0.4) is 0 Å². The van der Waals surface area contributed by atoms with Crippen LogP contribution in [0, 0.1) is 6.92 Å². The van der Waals surface area contributed by atoms with E-state index in [0.29, 0.717) is 16.0 Å². The summed E-state index contributed by atoms with van der Waals surface area (Å²) in [6.07, 6.45) is 0.836. The number of hydrogen-bond donors (Lipinski definition) is 2. The van der Waals surface area contributed by atoms with E-state index in [1.54, 1.807) is 0 Å². The number of thioether (sulfide) groups is 1. The van der Waals surface area contributed by atoms with Gasteiger partial charge in [0.15, 0.2) is 5.82 Å². The molecule has 4 aromatic rings. The summed E-state index contributed by atoms with van der Waals surface area (Å²) in [5.41, 5.74) is 8.43. The molecule has 0 radical (unpaired) electrons. The fourth-order valence-corrected chi connectivity index (χ4v) is 5.35. The van der Waals surface area contributed by atoms with E-state index in [1.807, 2.05) is 84.4 Å². The third-order valence-corrected chi connectivity index (χ3v) is 7.41. The molecular formula is C26H24ClN5OS. The standard InChI is InChI=1S/C26H24ClN5OS/c1-3-17-11-7-8-16(2)21(17)28-25(33)23-22(18-12-14-20(27)15-13-18)31-32-24(29-30-26(32)34-23)19-9-5-4-6-10-19/h4-15,22-23,31H,3H2,1-2H3,(H,28,33)/t22-,23-/m1/s1. The highest BCUT2D eigenvalue weighted by atomic mass is 35.5. The summed E-state index contributed by atoms with van der Waals surface area (Å²) in [6.45, 7) is 4.10. The molecule has 34 heavy (non-hydrogen) atoms. The molecule has 1 aliphatic rings. The predicted octanol–water partition coefficient (Wildman–Crippen LogP) is 5.87. The highest BCUT2D eigenvalue weighted by molar-refractivity contribution is 8.00. The van der Waals surface area contributed by atoms with Crippen LogP contribution in [0.25, 0.3) is 11.4 Å². The maximum Gasteiger partial charge on any atom is 0.240 e. The van der Waals surface area contributed by atoms with Crippen LogP contribution in [0.2, 0.25) is 5.02 Å². The van der Waals surface area contributed by atoms with Gasteiger partial charge >= 0.3 is 0 Å². The molecule has 0 bridgehead atoms. The summed E-state index contributed by atoms with van der Waals surface area (Å²) >= 11 is 7.55. The van der Waals surface area contributed by atoms with Gasteiger partial charge in [-0.3, -0.25) is 4.79 Å². The number of nitrogens with one attached hydrogen (secondary N) is 2. The van der Waals surface area contributed by atoms with Crippen LogP contribution in [0.15, 0.2) is 78.0 Å². The van der Waals surface area contributed by atoms with E-state index in [2.05, 4.69) is 27.9 Å². The number of nitrogens with zero attached hydrogens (tertiary/aromatic N) is 3. The molecule has 2 heterocycles. The molecule has 5 rings (SSSR count). The first-order valence-electron chi connectivity index (χ1n) is 11.1. The molecule has 1 aliphatic heterocycles. The largest absolute Gasteiger partial charge is 0.325 e. The Bertz CT molecular complexity index is 1320. The van der Waals surface area contributed by atoms with Gasteiger partial charge in [-0.2, -0.15) is 0 Å². The molecule has 172 valence electrons. The van der Waals surface area contributed by atoms with Gasteiger partial charge in [-0.15, -0.1) is 10.2 Å². The first-order valence-corrected chi connectivity index (χ1v) is 12.4. The fourth-order valence-electron chi connectivity index (χ4n) is 4.15. The summed E-state index contributed by atoms with van der Waals surface area (Å²) in [7, 11) is 0. The predicted molar refractivity (Wildman–Crippen MR) is 138 cm³/mol. The van der Waals surface area contributed by atoms with Crippen molar-refractivity contribution < 1.29 is 4.79 Å². The molecule has 8 heteroatoms. The van der Waals surface area contributed by atoms with Crippen LogP contribution in [0.5, 0.6) is 0 Å². The minimum Gasteiger partial charge on any atom is -0.325 e. The van der Waals surface area contributed by atoms with Gasteiger partial charge in [0, 0.05) is 16.3 Å². The number of rotatable bonds is 5. The van der Waals surface area contributed by atoms with Gasteiger partial charge in [0.05, 0.1) is 6.04 Å². The Labute approximate surface area is 207 Å². The van der Waals surface area contributed by atoms with Gasteiger partial charge in [0.1, 0.15) is 5.25 Å². The summed E-state index contributed by atoms with van der Waals surface area (Å²) in [5, 5.41) is 12.8. The maximum atomic E-state index is 13.7. The van der Waals surface area contributed by atoms with E-state index >= 15 is 0 Å². The highest BCUT2D eigenvalue weighted by Gasteiger charge is 2.38. The number of carbonyl (C=O) groups excluding carboxylic acids is 1. The van der Waals surface area contributed by atoms with Gasteiger partial charge in [-0.25, -0.2) is 4.68 Å². The molecule has 0 saturated carbocycles. The Morgan fingerprint density at radius 2 is 1.82 bits per heavy atom. The number of carbonyl (C=O) groups is 1. The van der Waals surface area contributed by atoms with Crippen molar-refractivity contribution in [3.05, 3.63) is 94.5 Å². The number of anilines is 1. The lowest BCUT2D eigenvalue weighted by Crippen LogP contribution is -2.41. The number of halogens is 1. The second-order valence-electron chi connectivity index (χ2n) is 8.16. The zero-order valence-electron chi connectivity index (χ0n) is 18.8. The summed E-state index contributed by atoms with van der Waals surface area (Å²) in [5.74, 6) is 0.616. The second kappa shape index (κ2) is 9.52. The molecule has 0 aliphatic carbocycles. The topological polar surface area (TPSA) is 71.8 Å². The van der Waals surface area contributed by atoms with Crippen LogP contribution in [-0.4, -0.2) is 26.0 Å². The first-order chi connectivity index (χ1) is 16.5. The molecular weight excluding hydrogens is 466 g/mol. The first kappa shape index (κ1) is 22.5. The molecule has 0 saturated heterocycles. The quantitative estimate of drug-likeness (QED) is 0.367. The second-order valence-corrected chi connectivity index (χ2v) is 9.70. The number of aromatic nitrogens is 3. The van der Waals surface area contributed by atoms with E-state index < -0.39 is 5.25 Å². The van der Waals surface area contributed by atoms with E-state index in [4.69, 9.17) is 11.6 Å². The minimum absolute atomic E-state index is 0.0861. The number of fused-ring (bicyclic) bond motifs is 1. The van der Waals surface area contributed by atoms with Crippen LogP contribution in [0.4, 0.5) is 5.69 Å². The molecule has 1 amide bonds. The van der Waals surface area contributed by atoms with E-state index in [-0.39, 0.29) is 11.9 Å². The van der Waals surface area contributed by atoms with Crippen molar-refractivity contribution >= 4 is 35.0 Å². The number of amides is 1. The molecule has 0 unspecified atom stereocenters. The van der Waals surface area contributed by atoms with Gasteiger partial charge < -0.3 is 10.7 Å². The summed E-state index contributed by atoms with van der Waals surface area (Å²) in [6, 6.07) is 23.2. The molecule has 6 nitrogen and oxygen atoms in total. The smallest absolute Gasteiger partial charge is 0.240 e. The Kier molecular flexibility index (Phi) is 6.30. The van der Waals surface area contributed by atoms with Crippen molar-refractivity contribution in [2.75, 3.05) is 10.7 Å². The maximum absolute atomic E-state index is 13.7. The van der Waals surface area contributed by atoms with Crippen molar-refractivity contribution in [2.45, 2.75) is 36.7 Å². The average Bonchev–Trinajstić information content (AvgIpc) is 3.28. The van der Waals surface area contributed by atoms with Crippen molar-refractivity contribution in [2.24, 2.45) is 0 Å². The Balaban J connectivity index is 1.53. The van der Waals surface area contributed by atoms with Crippen molar-refractivity contribution in [1.29, 1.82) is 0 Å². The molecule has 1 aromatic heterocycles. The van der Waals surface area contributed by atoms with Gasteiger partial charge in [-0.1, -0.05) is 91.0 Å².